The average molecular weight is 160 g/mol. The van der Waals surface area contributed by atoms with Crippen molar-refractivity contribution in [3.63, 3.8) is 0 Å². The van der Waals surface area contributed by atoms with Crippen molar-refractivity contribution in [3.8, 4) is 6.07 Å². The Morgan fingerprint density at radius 3 is 3.25 bits per heavy atom. The molecule has 0 aliphatic carbocycles. The minimum absolute atomic E-state index is 0.310. The molecule has 2 heterocycles. The monoisotopic (exact) mass is 160 g/mol. The first-order chi connectivity index (χ1) is 5.81. The van der Waals surface area contributed by atoms with Crippen LogP contribution in [0.4, 0.5) is 0 Å². The SMILES string of the molecule is N#Cc1cc2nc[nH]c2[n+]([O-])c1. The lowest BCUT2D eigenvalue weighted by molar-refractivity contribution is -0.579. The third-order valence-corrected chi connectivity index (χ3v) is 1.55. The molecule has 0 aromatic carbocycles. The Hall–Kier alpha value is -2.09. The highest BCUT2D eigenvalue weighted by Crippen LogP contribution is 2.04. The van der Waals surface area contributed by atoms with Crippen LogP contribution in [0.3, 0.4) is 0 Å². The van der Waals surface area contributed by atoms with E-state index < -0.39 is 0 Å². The molecule has 0 unspecified atom stereocenters. The van der Waals surface area contributed by atoms with Crippen molar-refractivity contribution in [2.75, 3.05) is 0 Å². The van der Waals surface area contributed by atoms with Gasteiger partial charge < -0.3 is 5.21 Å². The molecule has 5 nitrogen and oxygen atoms in total. The molecule has 0 saturated heterocycles. The molecule has 2 aromatic rings. The molecule has 0 aliphatic heterocycles. The van der Waals surface area contributed by atoms with Crippen molar-refractivity contribution in [2.45, 2.75) is 0 Å². The van der Waals surface area contributed by atoms with E-state index in [1.807, 2.05) is 6.07 Å². The molecule has 12 heavy (non-hydrogen) atoms. The van der Waals surface area contributed by atoms with E-state index in [1.165, 1.54) is 12.5 Å². The van der Waals surface area contributed by atoms with E-state index in [-0.39, 0.29) is 0 Å². The van der Waals surface area contributed by atoms with Gasteiger partial charge in [0, 0.05) is 0 Å². The van der Waals surface area contributed by atoms with Gasteiger partial charge in [-0.2, -0.15) is 5.26 Å². The zero-order valence-electron chi connectivity index (χ0n) is 5.98. The van der Waals surface area contributed by atoms with Gasteiger partial charge >= 0.3 is 5.65 Å². The van der Waals surface area contributed by atoms with Crippen molar-refractivity contribution in [2.24, 2.45) is 0 Å². The molecular weight excluding hydrogens is 156 g/mol. The summed E-state index contributed by atoms with van der Waals surface area (Å²) >= 11 is 0. The maximum Gasteiger partial charge on any atom is 0.309 e. The Labute approximate surface area is 67.5 Å². The van der Waals surface area contributed by atoms with Crippen LogP contribution in [0, 0.1) is 16.5 Å². The lowest BCUT2D eigenvalue weighted by Gasteiger charge is -2.00. The topological polar surface area (TPSA) is 79.4 Å². The van der Waals surface area contributed by atoms with Crippen LogP contribution >= 0.6 is 0 Å². The number of nitrogens with one attached hydrogen (secondary N) is 1. The summed E-state index contributed by atoms with van der Waals surface area (Å²) in [7, 11) is 0. The van der Waals surface area contributed by atoms with Gasteiger partial charge in [-0.1, -0.05) is 0 Å². The van der Waals surface area contributed by atoms with Crippen LogP contribution in [-0.4, -0.2) is 9.97 Å². The zero-order valence-corrected chi connectivity index (χ0v) is 5.98. The largest absolute Gasteiger partial charge is 0.711 e. The Morgan fingerprint density at radius 2 is 2.50 bits per heavy atom. The number of imidazole rings is 1. The minimum Gasteiger partial charge on any atom is -0.711 e. The summed E-state index contributed by atoms with van der Waals surface area (Å²) in [6.07, 6.45) is 2.63. The highest BCUT2D eigenvalue weighted by molar-refractivity contribution is 5.67. The van der Waals surface area contributed by atoms with Crippen molar-refractivity contribution < 1.29 is 4.73 Å². The fourth-order valence-corrected chi connectivity index (χ4v) is 1.02. The van der Waals surface area contributed by atoms with Gasteiger partial charge in [0.25, 0.3) is 0 Å². The van der Waals surface area contributed by atoms with Crippen LogP contribution in [0.25, 0.3) is 11.2 Å². The molecule has 0 amide bonds. The number of fused-ring (bicyclic) bond motifs is 1. The predicted molar refractivity (Wildman–Crippen MR) is 39.8 cm³/mol. The van der Waals surface area contributed by atoms with E-state index in [4.69, 9.17) is 5.26 Å². The summed E-state index contributed by atoms with van der Waals surface area (Å²) < 4.78 is 0.598. The van der Waals surface area contributed by atoms with Crippen LogP contribution in [0.5, 0.6) is 0 Å². The summed E-state index contributed by atoms with van der Waals surface area (Å²) in [6, 6.07) is 3.43. The quantitative estimate of drug-likeness (QED) is 0.437. The van der Waals surface area contributed by atoms with Gasteiger partial charge in [-0.05, 0) is 6.07 Å². The van der Waals surface area contributed by atoms with Crippen LogP contribution in [0.15, 0.2) is 18.6 Å². The first-order valence-corrected chi connectivity index (χ1v) is 3.27. The van der Waals surface area contributed by atoms with Gasteiger partial charge in [0.15, 0.2) is 11.8 Å². The summed E-state index contributed by atoms with van der Waals surface area (Å²) in [5.74, 6) is 0. The van der Waals surface area contributed by atoms with Crippen molar-refractivity contribution in [1.82, 2.24) is 9.97 Å². The molecule has 1 N–H and O–H groups in total. The number of nitriles is 1. The molecule has 0 aliphatic rings. The molecule has 0 atom stereocenters. The van der Waals surface area contributed by atoms with Gasteiger partial charge in [-0.15, -0.1) is 0 Å². The Morgan fingerprint density at radius 1 is 1.67 bits per heavy atom. The van der Waals surface area contributed by atoms with Crippen molar-refractivity contribution in [3.05, 3.63) is 29.4 Å². The number of pyridine rings is 1. The molecular formula is C7H4N4O. The van der Waals surface area contributed by atoms with Crippen LogP contribution in [-0.2, 0) is 0 Å². The van der Waals surface area contributed by atoms with Crippen LogP contribution in [0.2, 0.25) is 0 Å². The van der Waals surface area contributed by atoms with E-state index in [0.29, 0.717) is 21.5 Å². The number of nitrogens with zero attached hydrogens (tertiary/aromatic N) is 3. The molecule has 5 heteroatoms. The first-order valence-electron chi connectivity index (χ1n) is 3.27. The van der Waals surface area contributed by atoms with Gasteiger partial charge in [0.2, 0.25) is 0 Å². The third-order valence-electron chi connectivity index (χ3n) is 1.55. The Kier molecular flexibility index (Phi) is 1.21. The zero-order chi connectivity index (χ0) is 8.55. The minimum atomic E-state index is 0.310. The van der Waals surface area contributed by atoms with E-state index in [0.717, 1.165) is 0 Å². The smallest absolute Gasteiger partial charge is 0.309 e. The predicted octanol–water partition coefficient (Wildman–Crippen LogP) is 0.0680. The number of aromatic amines is 1. The summed E-state index contributed by atoms with van der Waals surface area (Å²) in [5, 5.41) is 19.6. The molecule has 0 spiro atoms. The number of hydrogen-bond donors (Lipinski definition) is 1. The van der Waals surface area contributed by atoms with Gasteiger partial charge in [-0.25, -0.2) is 14.7 Å². The third kappa shape index (κ3) is 0.787. The number of hydrogen-bond acceptors (Lipinski definition) is 3. The molecule has 2 aromatic heterocycles. The second-order valence-electron chi connectivity index (χ2n) is 2.30. The average Bonchev–Trinajstić information content (AvgIpc) is 2.52. The van der Waals surface area contributed by atoms with Crippen molar-refractivity contribution in [1.29, 1.82) is 5.26 Å². The molecule has 0 bridgehead atoms. The highest BCUT2D eigenvalue weighted by atomic mass is 16.5. The second-order valence-corrected chi connectivity index (χ2v) is 2.30. The molecule has 58 valence electrons. The van der Waals surface area contributed by atoms with Crippen molar-refractivity contribution >= 4 is 11.2 Å². The Bertz CT molecular complexity index is 468. The summed E-state index contributed by atoms with van der Waals surface area (Å²) in [6.45, 7) is 0. The lowest BCUT2D eigenvalue weighted by Crippen LogP contribution is -2.27. The molecule has 0 fully saturated rings. The van der Waals surface area contributed by atoms with E-state index >= 15 is 0 Å². The number of H-pyrrole nitrogens is 1. The lowest BCUT2D eigenvalue weighted by atomic mass is 10.3. The van der Waals surface area contributed by atoms with Gasteiger partial charge in [0.05, 0.1) is 5.56 Å². The maximum absolute atomic E-state index is 11.1. The first kappa shape index (κ1) is 6.61. The normalized spacial score (nSPS) is 9.92. The van der Waals surface area contributed by atoms with E-state index in [9.17, 15) is 5.21 Å². The number of rotatable bonds is 0. The molecule has 2 rings (SSSR count). The maximum atomic E-state index is 11.1. The summed E-state index contributed by atoms with van der Waals surface area (Å²) in [5.41, 5.74) is 1.18. The Balaban J connectivity index is 2.86. The van der Waals surface area contributed by atoms with Crippen LogP contribution < -0.4 is 4.73 Å². The van der Waals surface area contributed by atoms with E-state index in [1.54, 1.807) is 6.07 Å². The van der Waals surface area contributed by atoms with Gasteiger partial charge in [-0.3, -0.25) is 0 Å². The molecule has 0 saturated carbocycles. The summed E-state index contributed by atoms with van der Waals surface area (Å²) in [4.78, 5) is 6.53. The molecule has 0 radical (unpaired) electrons. The fraction of sp³-hybridized carbons (Fsp3) is 0. The second kappa shape index (κ2) is 2.20. The van der Waals surface area contributed by atoms with E-state index in [2.05, 4.69) is 9.97 Å². The fourth-order valence-electron chi connectivity index (χ4n) is 1.02. The number of aromatic nitrogens is 3. The van der Waals surface area contributed by atoms with Crippen LogP contribution in [0.1, 0.15) is 5.56 Å². The van der Waals surface area contributed by atoms with Gasteiger partial charge in [0.1, 0.15) is 12.3 Å². The highest BCUT2D eigenvalue weighted by Gasteiger charge is 2.06. The standard InChI is InChI=1S/C7H4N4O/c8-2-5-1-6-7(10-4-9-6)11(12)3-5/h1,3-4H,(H,9,10).